The minimum atomic E-state index is -5.34. The van der Waals surface area contributed by atoms with Gasteiger partial charge in [0.15, 0.2) is 12.3 Å². The quantitative estimate of drug-likeness (QED) is 0.132. The van der Waals surface area contributed by atoms with Gasteiger partial charge in [0, 0.05) is 15.9 Å². The van der Waals surface area contributed by atoms with Crippen LogP contribution in [0.15, 0.2) is 54.6 Å². The summed E-state index contributed by atoms with van der Waals surface area (Å²) in [6, 6.07) is 7.53. The van der Waals surface area contributed by atoms with E-state index in [1.165, 1.54) is 32.2 Å². The Bertz CT molecular complexity index is 1610. The van der Waals surface area contributed by atoms with Crippen molar-refractivity contribution in [3.63, 3.8) is 0 Å². The lowest BCUT2D eigenvalue weighted by Gasteiger charge is -2.30. The molecule has 3 rings (SSSR count). The second kappa shape index (κ2) is 13.5. The second-order valence-electron chi connectivity index (χ2n) is 11.8. The summed E-state index contributed by atoms with van der Waals surface area (Å²) in [4.78, 5) is 51.3. The van der Waals surface area contributed by atoms with E-state index in [0.717, 1.165) is 35.7 Å². The van der Waals surface area contributed by atoms with E-state index in [0.29, 0.717) is 15.0 Å². The number of ether oxygens (including phenoxy) is 2. The Balaban J connectivity index is 2.16. The van der Waals surface area contributed by atoms with Crippen molar-refractivity contribution in [1.29, 1.82) is 0 Å². The Kier molecular flexibility index (Phi) is 10.8. The van der Waals surface area contributed by atoms with Gasteiger partial charge >= 0.3 is 19.5 Å². The van der Waals surface area contributed by atoms with Crippen molar-refractivity contribution < 1.29 is 46.6 Å². The molecular weight excluding hydrogens is 639 g/mol. The van der Waals surface area contributed by atoms with Gasteiger partial charge in [-0.3, -0.25) is 28.4 Å². The molecule has 9 nitrogen and oxygen atoms in total. The van der Waals surface area contributed by atoms with Gasteiger partial charge in [-0.1, -0.05) is 24.2 Å². The van der Waals surface area contributed by atoms with Gasteiger partial charge in [0.1, 0.15) is 17.3 Å². The number of carbonyl (C=O) groups excluding carboxylic acids is 3. The molecule has 0 spiro atoms. The van der Waals surface area contributed by atoms with Crippen molar-refractivity contribution in [2.24, 2.45) is 10.8 Å². The van der Waals surface area contributed by atoms with Gasteiger partial charge in [-0.25, -0.2) is 8.78 Å². The average Bonchev–Trinajstić information content (AvgIpc) is 3.30. The first-order chi connectivity index (χ1) is 20.3. The highest BCUT2D eigenvalue weighted by atomic mass is 35.5. The minimum Gasteiger partial charge on any atom is -0.459 e. The molecule has 3 atom stereocenters. The molecule has 14 heteroatoms. The molecule has 1 N–H and O–H groups in total. The maximum absolute atomic E-state index is 14.8. The summed E-state index contributed by atoms with van der Waals surface area (Å²) in [6.45, 7) is 11.9. The van der Waals surface area contributed by atoms with Crippen molar-refractivity contribution in [2.45, 2.75) is 53.5 Å². The van der Waals surface area contributed by atoms with E-state index < -0.39 is 72.1 Å². The van der Waals surface area contributed by atoms with Crippen LogP contribution in [0.5, 0.6) is 0 Å². The van der Waals surface area contributed by atoms with Gasteiger partial charge in [-0.2, -0.15) is 0 Å². The molecule has 0 aliphatic heterocycles. The number of fused-ring (bicyclic) bond motifs is 1. The SMILES string of the molecule is C=CN(C(=O)C(c1csc2ccc(Cl)cc12)P(=O)(O)OC(COC(=O)C(C)(C)C)OC(=O)C(C)(C)C)c1c(F)cccc1F. The number of hydrogen-bond acceptors (Lipinski definition) is 8. The third-order valence-electron chi connectivity index (χ3n) is 6.10. The van der Waals surface area contributed by atoms with E-state index in [1.807, 2.05) is 0 Å². The third-order valence-corrected chi connectivity index (χ3v) is 9.01. The molecule has 0 aliphatic rings. The fourth-order valence-electron chi connectivity index (χ4n) is 3.80. The first kappa shape index (κ1) is 35.3. The normalized spacial score (nSPS) is 14.8. The smallest absolute Gasteiger partial charge is 0.348 e. The van der Waals surface area contributed by atoms with Crippen molar-refractivity contribution in [1.82, 2.24) is 0 Å². The summed E-state index contributed by atoms with van der Waals surface area (Å²) >= 11 is 7.30. The van der Waals surface area contributed by atoms with Crippen molar-refractivity contribution in [3.8, 4) is 0 Å². The molecule has 1 aromatic heterocycles. The Labute approximate surface area is 262 Å². The molecule has 3 unspecified atom stereocenters. The van der Waals surface area contributed by atoms with E-state index in [1.54, 1.807) is 32.9 Å². The molecule has 3 aromatic rings. The topological polar surface area (TPSA) is 119 Å². The van der Waals surface area contributed by atoms with E-state index in [4.69, 9.17) is 25.6 Å². The highest BCUT2D eigenvalue weighted by molar-refractivity contribution is 7.54. The van der Waals surface area contributed by atoms with Crippen LogP contribution in [0.1, 0.15) is 52.8 Å². The molecule has 1 heterocycles. The van der Waals surface area contributed by atoms with Crippen LogP contribution >= 0.6 is 30.5 Å². The number of esters is 2. The van der Waals surface area contributed by atoms with Crippen molar-refractivity contribution in [2.75, 3.05) is 11.5 Å². The zero-order valence-electron chi connectivity index (χ0n) is 24.9. The summed E-state index contributed by atoms with van der Waals surface area (Å²) in [7, 11) is -5.34. The molecule has 2 aromatic carbocycles. The molecule has 0 radical (unpaired) electrons. The van der Waals surface area contributed by atoms with Gasteiger partial charge in [0.25, 0.3) is 5.91 Å². The van der Waals surface area contributed by atoms with Crippen LogP contribution in [0.3, 0.4) is 0 Å². The lowest BCUT2D eigenvalue weighted by atomic mass is 9.97. The molecule has 0 saturated carbocycles. The van der Waals surface area contributed by atoms with E-state index >= 15 is 0 Å². The fourth-order valence-corrected chi connectivity index (χ4v) is 6.57. The maximum atomic E-state index is 14.8. The molecule has 0 bridgehead atoms. The average molecular weight is 672 g/mol. The Hall–Kier alpha value is -3.15. The van der Waals surface area contributed by atoms with Crippen LogP contribution in [-0.4, -0.2) is 35.6 Å². The van der Waals surface area contributed by atoms with Crippen molar-refractivity contribution in [3.05, 3.63) is 76.8 Å². The maximum Gasteiger partial charge on any atom is 0.348 e. The summed E-state index contributed by atoms with van der Waals surface area (Å²) in [6.07, 6.45) is -1.16. The highest BCUT2D eigenvalue weighted by Crippen LogP contribution is 2.60. The number of thiophene rings is 1. The Morgan fingerprint density at radius 2 is 1.66 bits per heavy atom. The zero-order chi connectivity index (χ0) is 33.2. The number of benzene rings is 2. The Morgan fingerprint density at radius 1 is 1.07 bits per heavy atom. The van der Waals surface area contributed by atoms with Crippen LogP contribution in [-0.2, 0) is 32.9 Å². The summed E-state index contributed by atoms with van der Waals surface area (Å²) < 4.78 is 60.4. The molecule has 1 amide bonds. The number of amides is 1. The second-order valence-corrected chi connectivity index (χ2v) is 15.0. The summed E-state index contributed by atoms with van der Waals surface area (Å²) in [5, 5.41) is 1.94. The third kappa shape index (κ3) is 8.11. The predicted molar refractivity (Wildman–Crippen MR) is 164 cm³/mol. The van der Waals surface area contributed by atoms with Crippen LogP contribution in [0.4, 0.5) is 14.5 Å². The predicted octanol–water partition coefficient (Wildman–Crippen LogP) is 7.76. The van der Waals surface area contributed by atoms with Gasteiger partial charge in [0.05, 0.1) is 10.8 Å². The standard InChI is InChI=1S/C30H33ClF2NO8PS/c1-8-34(24-20(32)10-9-11-21(24)33)26(35)25(19-16-44-22-13-12-17(31)14-18(19)22)43(38,39)42-23(41-28(37)30(5,6)7)15-40-27(36)29(2,3)4/h8-14,16,23,25H,1,15H2,2-7H3,(H,38,39). The molecule has 238 valence electrons. The molecule has 0 fully saturated rings. The zero-order valence-corrected chi connectivity index (χ0v) is 27.4. The largest absolute Gasteiger partial charge is 0.459 e. The van der Waals surface area contributed by atoms with Crippen molar-refractivity contribution >= 4 is 64.2 Å². The van der Waals surface area contributed by atoms with Crippen LogP contribution < -0.4 is 4.90 Å². The highest BCUT2D eigenvalue weighted by Gasteiger charge is 2.47. The first-order valence-electron chi connectivity index (χ1n) is 13.2. The van der Waals surface area contributed by atoms with E-state index in [2.05, 4.69) is 6.58 Å². The van der Waals surface area contributed by atoms with E-state index in [9.17, 15) is 32.6 Å². The molecule has 0 aliphatic carbocycles. The molecule has 44 heavy (non-hydrogen) atoms. The van der Waals surface area contributed by atoms with Gasteiger partial charge in [-0.05, 0) is 88.2 Å². The number of halogens is 3. The van der Waals surface area contributed by atoms with Gasteiger partial charge in [0.2, 0.25) is 6.29 Å². The van der Waals surface area contributed by atoms with Crippen LogP contribution in [0.25, 0.3) is 10.1 Å². The van der Waals surface area contributed by atoms with Gasteiger partial charge in [-0.15, -0.1) is 11.3 Å². The fraction of sp³-hybridized carbons (Fsp3) is 0.367. The minimum absolute atomic E-state index is 0.0560. The van der Waals surface area contributed by atoms with Crippen LogP contribution in [0.2, 0.25) is 5.02 Å². The first-order valence-corrected chi connectivity index (χ1v) is 16.1. The summed E-state index contributed by atoms with van der Waals surface area (Å²) in [5.41, 5.74) is -5.12. The monoisotopic (exact) mass is 671 g/mol. The lowest BCUT2D eigenvalue weighted by Crippen LogP contribution is -2.36. The number of rotatable bonds is 10. The number of carbonyl (C=O) groups is 3. The number of hydrogen-bond donors (Lipinski definition) is 1. The van der Waals surface area contributed by atoms with E-state index in [-0.39, 0.29) is 10.6 Å². The number of nitrogens with zero attached hydrogens (tertiary/aromatic N) is 1. The van der Waals surface area contributed by atoms with Crippen LogP contribution in [0, 0.1) is 22.5 Å². The molecular formula is C30H33ClF2NO8PS. The molecule has 0 saturated heterocycles. The van der Waals surface area contributed by atoms with Gasteiger partial charge < -0.3 is 14.4 Å². The lowest BCUT2D eigenvalue weighted by molar-refractivity contribution is -0.187. The summed E-state index contributed by atoms with van der Waals surface area (Å²) in [5.74, 6) is -5.18. The number of para-hydroxylation sites is 1. The Morgan fingerprint density at radius 3 is 2.20 bits per heavy atom. The number of anilines is 1.